The van der Waals surface area contributed by atoms with Gasteiger partial charge in [-0.25, -0.2) is 4.89 Å². The van der Waals surface area contributed by atoms with Gasteiger partial charge in [0.2, 0.25) is 0 Å². The molecule has 0 aliphatic heterocycles. The van der Waals surface area contributed by atoms with Gasteiger partial charge in [0.25, 0.3) is 0 Å². The van der Waals surface area contributed by atoms with Crippen LogP contribution in [0.5, 0.6) is 0 Å². The average Bonchev–Trinajstić information content (AvgIpc) is 1.69. The molecule has 0 N–H and O–H groups in total. The largest absolute Gasteiger partial charge is 0.342 e. The molecule has 0 atom stereocenters. The van der Waals surface area contributed by atoms with Gasteiger partial charge in [0.15, 0.2) is 0 Å². The van der Waals surface area contributed by atoms with Gasteiger partial charge in [0, 0.05) is 0 Å². The number of hydrogen-bond acceptors (Lipinski definition) is 3. The molecule has 0 aromatic heterocycles. The molecule has 0 spiro atoms. The highest BCUT2D eigenvalue weighted by Gasteiger charge is 1.78. The average molecular weight is 102 g/mol. The molecule has 0 aromatic rings. The molecule has 7 heavy (non-hydrogen) atoms. The Morgan fingerprint density at radius 2 is 2.29 bits per heavy atom. The fraction of sp³-hybridized carbons (Fsp3) is 1.00. The Bertz CT molecular complexity index is 29.4. The van der Waals surface area contributed by atoms with E-state index >= 15 is 0 Å². The molecule has 0 unspecified atom stereocenters. The third-order valence-corrected chi connectivity index (χ3v) is 0.375. The maximum Gasteiger partial charge on any atom is 0.342 e. The molecule has 0 bridgehead atoms. The van der Waals surface area contributed by atoms with Gasteiger partial charge < -0.3 is 0 Å². The SMILES string of the molecule is [B]OOOCCC. The molecule has 0 aliphatic rings. The van der Waals surface area contributed by atoms with Crippen LogP contribution in [0.4, 0.5) is 0 Å². The van der Waals surface area contributed by atoms with Gasteiger partial charge in [0.05, 0.1) is 6.61 Å². The summed E-state index contributed by atoms with van der Waals surface area (Å²) in [6, 6.07) is 0. The second-order valence-corrected chi connectivity index (χ2v) is 0.986. The Labute approximate surface area is 43.9 Å². The highest BCUT2D eigenvalue weighted by atomic mass is 17.5. The molecule has 0 fully saturated rings. The Morgan fingerprint density at radius 3 is 2.71 bits per heavy atom. The zero-order valence-electron chi connectivity index (χ0n) is 4.22. The van der Waals surface area contributed by atoms with Crippen molar-refractivity contribution in [3.05, 3.63) is 0 Å². The van der Waals surface area contributed by atoms with Crippen LogP contribution in [0.3, 0.4) is 0 Å². The van der Waals surface area contributed by atoms with Crippen LogP contribution in [-0.2, 0) is 14.7 Å². The fourth-order valence-electron chi connectivity index (χ4n) is 0.145. The first-order chi connectivity index (χ1) is 3.41. The normalized spacial score (nSPS) is 9.29. The third kappa shape index (κ3) is 5.94. The summed E-state index contributed by atoms with van der Waals surface area (Å²) in [5.74, 6) is 0. The Hall–Kier alpha value is -0.0551. The fourth-order valence-corrected chi connectivity index (χ4v) is 0.145. The monoisotopic (exact) mass is 102 g/mol. The van der Waals surface area contributed by atoms with Crippen molar-refractivity contribution in [1.29, 1.82) is 0 Å². The number of hydrogen-bond donors (Lipinski definition) is 0. The molecule has 0 aliphatic carbocycles. The first-order valence-corrected chi connectivity index (χ1v) is 2.06. The minimum atomic E-state index is 0.497. The van der Waals surface area contributed by atoms with E-state index in [1.165, 1.54) is 0 Å². The van der Waals surface area contributed by atoms with Gasteiger partial charge in [-0.1, -0.05) is 12.0 Å². The van der Waals surface area contributed by atoms with Crippen molar-refractivity contribution < 1.29 is 14.7 Å². The smallest absolute Gasteiger partial charge is 0.289 e. The van der Waals surface area contributed by atoms with Gasteiger partial charge in [0.1, 0.15) is 0 Å². The molecule has 40 valence electrons. The Morgan fingerprint density at radius 1 is 1.57 bits per heavy atom. The zero-order chi connectivity index (χ0) is 5.54. The van der Waals surface area contributed by atoms with Crippen molar-refractivity contribution in [3.8, 4) is 0 Å². The molecule has 0 aromatic carbocycles. The predicted molar refractivity (Wildman–Crippen MR) is 24.2 cm³/mol. The molecule has 0 saturated carbocycles. The van der Waals surface area contributed by atoms with Crippen molar-refractivity contribution in [1.82, 2.24) is 0 Å². The lowest BCUT2D eigenvalue weighted by molar-refractivity contribution is -0.466. The molecule has 0 saturated heterocycles. The molecule has 3 nitrogen and oxygen atoms in total. The van der Waals surface area contributed by atoms with E-state index in [9.17, 15) is 0 Å². The molecule has 0 heterocycles. The van der Waals surface area contributed by atoms with Crippen LogP contribution in [-0.4, -0.2) is 14.7 Å². The summed E-state index contributed by atoms with van der Waals surface area (Å²) < 4.78 is 0. The van der Waals surface area contributed by atoms with Gasteiger partial charge in [-0.3, -0.25) is 4.81 Å². The summed E-state index contributed by atoms with van der Waals surface area (Å²) in [4.78, 5) is 7.91. The van der Waals surface area contributed by atoms with Gasteiger partial charge >= 0.3 is 8.05 Å². The van der Waals surface area contributed by atoms with E-state index in [-0.39, 0.29) is 0 Å². The van der Waals surface area contributed by atoms with Crippen molar-refractivity contribution in [2.24, 2.45) is 0 Å². The van der Waals surface area contributed by atoms with Crippen molar-refractivity contribution in [2.75, 3.05) is 6.61 Å². The van der Waals surface area contributed by atoms with Crippen molar-refractivity contribution >= 4 is 8.05 Å². The minimum Gasteiger partial charge on any atom is -0.289 e. The van der Waals surface area contributed by atoms with Crippen LogP contribution in [0.25, 0.3) is 0 Å². The predicted octanol–water partition coefficient (Wildman–Crippen LogP) is 0.360. The third-order valence-electron chi connectivity index (χ3n) is 0.375. The van der Waals surface area contributed by atoms with E-state index in [0.29, 0.717) is 6.61 Å². The van der Waals surface area contributed by atoms with Gasteiger partial charge in [-0.05, 0) is 6.42 Å². The topological polar surface area (TPSA) is 27.7 Å². The standard InChI is InChI=1S/C3H7BO3/c1-2-3-5-7-6-4/h2-3H2,1H3. The summed E-state index contributed by atoms with van der Waals surface area (Å²) in [5.41, 5.74) is 0. The lowest BCUT2D eigenvalue weighted by atomic mass is 10.5. The van der Waals surface area contributed by atoms with Crippen LogP contribution >= 0.6 is 0 Å². The van der Waals surface area contributed by atoms with Crippen molar-refractivity contribution in [3.63, 3.8) is 0 Å². The van der Waals surface area contributed by atoms with Crippen molar-refractivity contribution in [2.45, 2.75) is 13.3 Å². The van der Waals surface area contributed by atoms with E-state index in [0.717, 1.165) is 6.42 Å². The molecular formula is C3H7BO3. The summed E-state index contributed by atoms with van der Waals surface area (Å²) in [5, 5.41) is 3.85. The maximum absolute atomic E-state index is 4.42. The maximum atomic E-state index is 4.42. The lowest BCUT2D eigenvalue weighted by Gasteiger charge is -1.94. The Balaban J connectivity index is 2.45. The van der Waals surface area contributed by atoms with Crippen LogP contribution in [0, 0.1) is 0 Å². The lowest BCUT2D eigenvalue weighted by Crippen LogP contribution is -1.93. The molecule has 2 radical (unpaired) electrons. The van der Waals surface area contributed by atoms with E-state index in [1.807, 2.05) is 6.92 Å². The van der Waals surface area contributed by atoms with E-state index in [4.69, 9.17) is 0 Å². The van der Waals surface area contributed by atoms with E-state index < -0.39 is 0 Å². The second-order valence-electron chi connectivity index (χ2n) is 0.986. The van der Waals surface area contributed by atoms with Crippen LogP contribution in [0.1, 0.15) is 13.3 Å². The summed E-state index contributed by atoms with van der Waals surface area (Å²) in [7, 11) is 4.42. The van der Waals surface area contributed by atoms with Crippen LogP contribution in [0.2, 0.25) is 0 Å². The highest BCUT2D eigenvalue weighted by molar-refractivity contribution is 5.97. The van der Waals surface area contributed by atoms with Crippen LogP contribution in [0.15, 0.2) is 0 Å². The molecule has 0 amide bonds. The first-order valence-electron chi connectivity index (χ1n) is 2.06. The zero-order valence-corrected chi connectivity index (χ0v) is 4.22. The Kier molecular flexibility index (Phi) is 5.90. The van der Waals surface area contributed by atoms with Crippen LogP contribution < -0.4 is 0 Å². The first kappa shape index (κ1) is 6.94. The van der Waals surface area contributed by atoms with E-state index in [2.05, 4.69) is 22.8 Å². The van der Waals surface area contributed by atoms with E-state index in [1.54, 1.807) is 0 Å². The van der Waals surface area contributed by atoms with Gasteiger partial charge in [-0.2, -0.15) is 0 Å². The molecule has 0 rings (SSSR count). The summed E-state index contributed by atoms with van der Waals surface area (Å²) >= 11 is 0. The number of rotatable bonds is 4. The highest BCUT2D eigenvalue weighted by Crippen LogP contribution is 1.79. The minimum absolute atomic E-state index is 0.497. The summed E-state index contributed by atoms with van der Waals surface area (Å²) in [6.45, 7) is 2.44. The molecular weight excluding hydrogens is 94.8 g/mol. The second kappa shape index (κ2) is 5.94. The van der Waals surface area contributed by atoms with Gasteiger partial charge in [-0.15, -0.1) is 0 Å². The molecule has 4 heteroatoms. The quantitative estimate of drug-likeness (QED) is 0.222. The summed E-state index contributed by atoms with van der Waals surface area (Å²) in [6.07, 6.45) is 0.878.